The highest BCUT2D eigenvalue weighted by atomic mass is 35.5. The van der Waals surface area contributed by atoms with E-state index in [2.05, 4.69) is 6.07 Å². The van der Waals surface area contributed by atoms with E-state index in [-0.39, 0.29) is 10.7 Å². The SMILES string of the molecule is CCCCOC(=O)c1ccc(N2C(=O)C(Cl)=C(N3CCc4ccccc4C3)C2=O)cc1. The van der Waals surface area contributed by atoms with Crippen LogP contribution in [0.25, 0.3) is 0 Å². The molecule has 0 spiro atoms. The summed E-state index contributed by atoms with van der Waals surface area (Å²) in [5.41, 5.74) is 3.32. The normalized spacial score (nSPS) is 16.1. The van der Waals surface area contributed by atoms with E-state index < -0.39 is 17.8 Å². The van der Waals surface area contributed by atoms with Crippen LogP contribution in [0.2, 0.25) is 0 Å². The lowest BCUT2D eigenvalue weighted by atomic mass is 9.99. The molecule has 31 heavy (non-hydrogen) atoms. The first-order chi connectivity index (χ1) is 15.0. The molecule has 7 heteroatoms. The summed E-state index contributed by atoms with van der Waals surface area (Å²) < 4.78 is 5.20. The van der Waals surface area contributed by atoms with E-state index in [1.807, 2.05) is 30.0 Å². The van der Waals surface area contributed by atoms with Gasteiger partial charge in [0.05, 0.1) is 17.9 Å². The second kappa shape index (κ2) is 8.94. The largest absolute Gasteiger partial charge is 0.462 e. The van der Waals surface area contributed by atoms with Crippen molar-refractivity contribution in [1.82, 2.24) is 4.90 Å². The van der Waals surface area contributed by atoms with Gasteiger partial charge in [0.2, 0.25) is 0 Å². The zero-order chi connectivity index (χ0) is 22.0. The topological polar surface area (TPSA) is 66.9 Å². The van der Waals surface area contributed by atoms with Crippen molar-refractivity contribution < 1.29 is 19.1 Å². The molecule has 0 bridgehead atoms. The lowest BCUT2D eigenvalue weighted by Gasteiger charge is -2.31. The summed E-state index contributed by atoms with van der Waals surface area (Å²) in [5.74, 6) is -1.44. The molecular weight excluding hydrogens is 416 g/mol. The number of hydrogen-bond donors (Lipinski definition) is 0. The Balaban J connectivity index is 1.51. The van der Waals surface area contributed by atoms with Crippen LogP contribution < -0.4 is 4.90 Å². The first-order valence-corrected chi connectivity index (χ1v) is 10.8. The van der Waals surface area contributed by atoms with Crippen LogP contribution >= 0.6 is 11.6 Å². The fraction of sp³-hybridized carbons (Fsp3) is 0.292. The Kier molecular flexibility index (Phi) is 6.09. The zero-order valence-corrected chi connectivity index (χ0v) is 18.0. The Morgan fingerprint density at radius 3 is 2.45 bits per heavy atom. The number of hydrogen-bond acceptors (Lipinski definition) is 5. The van der Waals surface area contributed by atoms with E-state index in [1.165, 1.54) is 5.56 Å². The smallest absolute Gasteiger partial charge is 0.338 e. The first kappa shape index (κ1) is 21.1. The summed E-state index contributed by atoms with van der Waals surface area (Å²) in [7, 11) is 0. The summed E-state index contributed by atoms with van der Waals surface area (Å²) in [5, 5.41) is -0.0765. The van der Waals surface area contributed by atoms with E-state index in [9.17, 15) is 14.4 Å². The molecule has 160 valence electrons. The molecule has 2 aromatic rings. The van der Waals surface area contributed by atoms with Gasteiger partial charge in [-0.2, -0.15) is 0 Å². The molecule has 0 saturated carbocycles. The average molecular weight is 439 g/mol. The number of fused-ring (bicyclic) bond motifs is 1. The van der Waals surface area contributed by atoms with Crippen molar-refractivity contribution in [3.05, 3.63) is 76.0 Å². The molecule has 0 fully saturated rings. The Morgan fingerprint density at radius 2 is 1.74 bits per heavy atom. The molecule has 2 aromatic carbocycles. The molecular formula is C24H23ClN2O4. The fourth-order valence-electron chi connectivity index (χ4n) is 3.83. The number of benzene rings is 2. The minimum Gasteiger partial charge on any atom is -0.462 e. The van der Waals surface area contributed by atoms with Gasteiger partial charge in [-0.25, -0.2) is 9.69 Å². The third-order valence-corrected chi connectivity index (χ3v) is 5.88. The van der Waals surface area contributed by atoms with Crippen molar-refractivity contribution >= 4 is 35.1 Å². The highest BCUT2D eigenvalue weighted by molar-refractivity contribution is 6.52. The maximum absolute atomic E-state index is 13.2. The van der Waals surface area contributed by atoms with Crippen LogP contribution in [-0.2, 0) is 27.3 Å². The number of carbonyl (C=O) groups is 3. The van der Waals surface area contributed by atoms with Crippen LogP contribution in [0.15, 0.2) is 59.3 Å². The molecule has 0 saturated heterocycles. The maximum Gasteiger partial charge on any atom is 0.338 e. The number of rotatable bonds is 6. The van der Waals surface area contributed by atoms with Crippen molar-refractivity contribution in [1.29, 1.82) is 0 Å². The van der Waals surface area contributed by atoms with Crippen molar-refractivity contribution in [3.63, 3.8) is 0 Å². The van der Waals surface area contributed by atoms with Crippen molar-refractivity contribution in [2.75, 3.05) is 18.1 Å². The summed E-state index contributed by atoms with van der Waals surface area (Å²) >= 11 is 6.33. The van der Waals surface area contributed by atoms with Crippen molar-refractivity contribution in [2.24, 2.45) is 0 Å². The number of nitrogens with zero attached hydrogens (tertiary/aromatic N) is 2. The lowest BCUT2D eigenvalue weighted by Crippen LogP contribution is -2.37. The quantitative estimate of drug-likeness (QED) is 0.387. The van der Waals surface area contributed by atoms with Crippen molar-refractivity contribution in [2.45, 2.75) is 32.7 Å². The highest BCUT2D eigenvalue weighted by Gasteiger charge is 2.41. The molecule has 2 amide bonds. The molecule has 0 atom stereocenters. The van der Waals surface area contributed by atoms with Gasteiger partial charge in [0.25, 0.3) is 11.8 Å². The summed E-state index contributed by atoms with van der Waals surface area (Å²) in [6, 6.07) is 14.3. The minimum absolute atomic E-state index is 0.0765. The minimum atomic E-state index is -0.557. The average Bonchev–Trinajstić information content (AvgIpc) is 3.01. The van der Waals surface area contributed by atoms with E-state index in [1.54, 1.807) is 24.3 Å². The van der Waals surface area contributed by atoms with Crippen LogP contribution in [0.5, 0.6) is 0 Å². The second-order valence-electron chi connectivity index (χ2n) is 7.58. The van der Waals surface area contributed by atoms with Crippen LogP contribution in [-0.4, -0.2) is 35.8 Å². The van der Waals surface area contributed by atoms with Gasteiger partial charge in [-0.15, -0.1) is 0 Å². The molecule has 0 radical (unpaired) electrons. The molecule has 2 heterocycles. The Hall–Kier alpha value is -3.12. The van der Waals surface area contributed by atoms with Gasteiger partial charge < -0.3 is 9.64 Å². The molecule has 6 nitrogen and oxygen atoms in total. The summed E-state index contributed by atoms with van der Waals surface area (Å²) in [4.78, 5) is 41.0. The maximum atomic E-state index is 13.2. The molecule has 4 rings (SSSR count). The van der Waals surface area contributed by atoms with E-state index in [4.69, 9.17) is 16.3 Å². The van der Waals surface area contributed by atoms with Gasteiger partial charge in [-0.05, 0) is 48.2 Å². The van der Waals surface area contributed by atoms with Gasteiger partial charge in [0.1, 0.15) is 10.7 Å². The van der Waals surface area contributed by atoms with Crippen molar-refractivity contribution in [3.8, 4) is 0 Å². The van der Waals surface area contributed by atoms with Crippen LogP contribution in [0.1, 0.15) is 41.3 Å². The van der Waals surface area contributed by atoms with Crippen LogP contribution in [0, 0.1) is 0 Å². The predicted molar refractivity (Wildman–Crippen MR) is 118 cm³/mol. The van der Waals surface area contributed by atoms with E-state index in [0.29, 0.717) is 30.9 Å². The molecule has 2 aliphatic rings. The number of esters is 1. The van der Waals surface area contributed by atoms with Gasteiger partial charge in [-0.3, -0.25) is 9.59 Å². The van der Waals surface area contributed by atoms with Gasteiger partial charge in [-0.1, -0.05) is 49.2 Å². The Morgan fingerprint density at radius 1 is 1.03 bits per heavy atom. The van der Waals surface area contributed by atoms with Crippen LogP contribution in [0.3, 0.4) is 0 Å². The van der Waals surface area contributed by atoms with Gasteiger partial charge in [0.15, 0.2) is 0 Å². The fourth-order valence-corrected chi connectivity index (χ4v) is 4.11. The molecule has 0 N–H and O–H groups in total. The Bertz CT molecular complexity index is 1060. The van der Waals surface area contributed by atoms with Crippen LogP contribution in [0.4, 0.5) is 5.69 Å². The first-order valence-electron chi connectivity index (χ1n) is 10.4. The van der Waals surface area contributed by atoms with E-state index >= 15 is 0 Å². The standard InChI is InChI=1S/C24H23ClN2O4/c1-2-3-14-31-24(30)17-8-10-19(11-9-17)27-22(28)20(25)21(23(27)29)26-13-12-16-6-4-5-7-18(16)15-26/h4-11H,2-3,12-15H2,1H3. The number of anilines is 1. The molecule has 0 aliphatic carbocycles. The number of imide groups is 1. The summed E-state index contributed by atoms with van der Waals surface area (Å²) in [6.07, 6.45) is 2.51. The molecule has 0 unspecified atom stereocenters. The zero-order valence-electron chi connectivity index (χ0n) is 17.3. The third kappa shape index (κ3) is 4.08. The highest BCUT2D eigenvalue weighted by Crippen LogP contribution is 2.33. The number of unbranched alkanes of at least 4 members (excludes halogenated alkanes) is 1. The third-order valence-electron chi connectivity index (χ3n) is 5.54. The Labute approximate surface area is 186 Å². The van der Waals surface area contributed by atoms with Gasteiger partial charge >= 0.3 is 5.97 Å². The molecule has 0 aromatic heterocycles. The number of ether oxygens (including phenoxy) is 1. The van der Waals surface area contributed by atoms with E-state index in [0.717, 1.165) is 29.7 Å². The van der Waals surface area contributed by atoms with Gasteiger partial charge in [0, 0.05) is 13.1 Å². The second-order valence-corrected chi connectivity index (χ2v) is 7.96. The number of amides is 2. The number of carbonyl (C=O) groups excluding carboxylic acids is 3. The monoisotopic (exact) mass is 438 g/mol. The molecule has 2 aliphatic heterocycles. The predicted octanol–water partition coefficient (Wildman–Crippen LogP) is 4.03. The lowest BCUT2D eigenvalue weighted by molar-refractivity contribution is -0.121. The summed E-state index contributed by atoms with van der Waals surface area (Å²) in [6.45, 7) is 3.51. The number of halogens is 1.